The molecule has 5 nitrogen and oxygen atoms in total. The molecule has 0 bridgehead atoms. The van der Waals surface area contributed by atoms with Gasteiger partial charge in [-0.3, -0.25) is 4.79 Å². The molecule has 1 aromatic rings. The summed E-state index contributed by atoms with van der Waals surface area (Å²) in [6.07, 6.45) is 3.57. The van der Waals surface area contributed by atoms with E-state index in [9.17, 15) is 13.2 Å². The van der Waals surface area contributed by atoms with Crippen LogP contribution in [0.1, 0.15) is 35.7 Å². The third kappa shape index (κ3) is 1.89. The first kappa shape index (κ1) is 11.3. The first-order valence-electron chi connectivity index (χ1n) is 5.20. The number of sulfone groups is 1. The maximum Gasteiger partial charge on any atom is 0.254 e. The zero-order chi connectivity index (χ0) is 11.9. The number of rotatable bonds is 2. The Morgan fingerprint density at radius 2 is 2.06 bits per heavy atom. The summed E-state index contributed by atoms with van der Waals surface area (Å²) in [5, 5.41) is -0.758. The molecule has 2 rings (SSSR count). The van der Waals surface area contributed by atoms with Gasteiger partial charge in [0.05, 0.1) is 5.69 Å². The van der Waals surface area contributed by atoms with Gasteiger partial charge in [0.2, 0.25) is 0 Å². The van der Waals surface area contributed by atoms with Crippen molar-refractivity contribution < 1.29 is 8.42 Å². The minimum absolute atomic E-state index is 0.187. The lowest BCUT2D eigenvalue weighted by Gasteiger charge is -2.09. The summed E-state index contributed by atoms with van der Waals surface area (Å²) in [6.45, 7) is 1.54. The molecule has 1 aliphatic carbocycles. The molecule has 1 heterocycles. The Balaban J connectivity index is 2.53. The molecule has 1 atom stereocenters. The van der Waals surface area contributed by atoms with Crippen molar-refractivity contribution in [3.8, 4) is 0 Å². The number of H-pyrrole nitrogens is 1. The van der Waals surface area contributed by atoms with Crippen molar-refractivity contribution in [1.82, 2.24) is 9.97 Å². The normalized spacial score (nSPS) is 17.1. The van der Waals surface area contributed by atoms with E-state index in [0.717, 1.165) is 31.2 Å². The van der Waals surface area contributed by atoms with Crippen molar-refractivity contribution in [2.45, 2.75) is 31.4 Å². The third-order valence-corrected chi connectivity index (χ3v) is 4.49. The highest BCUT2D eigenvalue weighted by Crippen LogP contribution is 2.20. The zero-order valence-corrected chi connectivity index (χ0v) is 10.1. The van der Waals surface area contributed by atoms with Gasteiger partial charge in [-0.05, 0) is 26.2 Å². The molecule has 0 saturated carbocycles. The number of nitrogens with zero attached hydrogens (tertiary/aromatic N) is 1. The Bertz CT molecular complexity index is 574. The molecular formula is C10H14N2O3S. The lowest BCUT2D eigenvalue weighted by Crippen LogP contribution is -2.21. The zero-order valence-electron chi connectivity index (χ0n) is 9.28. The van der Waals surface area contributed by atoms with Gasteiger partial charge in [-0.1, -0.05) is 0 Å². The van der Waals surface area contributed by atoms with Gasteiger partial charge >= 0.3 is 0 Å². The van der Waals surface area contributed by atoms with Crippen molar-refractivity contribution in [2.75, 3.05) is 6.26 Å². The molecule has 0 amide bonds. The predicted molar refractivity (Wildman–Crippen MR) is 60.1 cm³/mol. The van der Waals surface area contributed by atoms with Crippen LogP contribution in [-0.2, 0) is 22.7 Å². The van der Waals surface area contributed by atoms with Gasteiger partial charge in [0.25, 0.3) is 5.56 Å². The first-order valence-corrected chi connectivity index (χ1v) is 7.16. The summed E-state index contributed by atoms with van der Waals surface area (Å²) < 4.78 is 22.8. The number of hydrogen-bond donors (Lipinski definition) is 1. The smallest absolute Gasteiger partial charge is 0.254 e. The minimum atomic E-state index is -3.22. The van der Waals surface area contributed by atoms with E-state index in [1.165, 1.54) is 6.92 Å². The second kappa shape index (κ2) is 3.69. The lowest BCUT2D eigenvalue weighted by atomic mass is 10.2. The molecule has 1 aliphatic rings. The molecule has 16 heavy (non-hydrogen) atoms. The Morgan fingerprint density at radius 1 is 1.38 bits per heavy atom. The number of aromatic amines is 1. The summed E-state index contributed by atoms with van der Waals surface area (Å²) in [5.41, 5.74) is 1.28. The molecule has 88 valence electrons. The SMILES string of the molecule is CC(c1nc2c(c(=O)[nH]1)CCC2)S(C)(=O)=O. The monoisotopic (exact) mass is 242 g/mol. The topological polar surface area (TPSA) is 79.9 Å². The van der Waals surface area contributed by atoms with E-state index in [-0.39, 0.29) is 11.4 Å². The number of hydrogen-bond acceptors (Lipinski definition) is 4. The average molecular weight is 242 g/mol. The second-order valence-corrected chi connectivity index (χ2v) is 6.57. The Hall–Kier alpha value is -1.17. The molecule has 0 aliphatic heterocycles. The van der Waals surface area contributed by atoms with Crippen LogP contribution in [0.2, 0.25) is 0 Å². The fraction of sp³-hybridized carbons (Fsp3) is 0.600. The van der Waals surface area contributed by atoms with Crippen LogP contribution in [0.4, 0.5) is 0 Å². The number of aryl methyl sites for hydroxylation is 1. The van der Waals surface area contributed by atoms with Crippen LogP contribution >= 0.6 is 0 Å². The second-order valence-electron chi connectivity index (χ2n) is 4.20. The van der Waals surface area contributed by atoms with Gasteiger partial charge in [0.1, 0.15) is 11.1 Å². The maximum atomic E-state index is 11.7. The molecule has 0 radical (unpaired) electrons. The van der Waals surface area contributed by atoms with Crippen LogP contribution in [0.5, 0.6) is 0 Å². The molecule has 0 aromatic carbocycles. The van der Waals surface area contributed by atoms with Gasteiger partial charge in [-0.2, -0.15) is 0 Å². The van der Waals surface area contributed by atoms with Crippen molar-refractivity contribution in [3.63, 3.8) is 0 Å². The fourth-order valence-corrected chi connectivity index (χ4v) is 2.37. The highest BCUT2D eigenvalue weighted by Gasteiger charge is 2.23. The van der Waals surface area contributed by atoms with E-state index >= 15 is 0 Å². The standard InChI is InChI=1S/C10H14N2O3S/c1-6(16(2,14)15)9-11-8-5-3-4-7(8)10(13)12-9/h6H,3-5H2,1-2H3,(H,11,12,13). The quantitative estimate of drug-likeness (QED) is 0.812. The van der Waals surface area contributed by atoms with Crippen molar-refractivity contribution in [2.24, 2.45) is 0 Å². The maximum absolute atomic E-state index is 11.7. The van der Waals surface area contributed by atoms with Gasteiger partial charge in [0, 0.05) is 11.8 Å². The van der Waals surface area contributed by atoms with E-state index in [1.54, 1.807) is 0 Å². The van der Waals surface area contributed by atoms with Crippen molar-refractivity contribution >= 4 is 9.84 Å². The first-order chi connectivity index (χ1) is 7.39. The Morgan fingerprint density at radius 3 is 2.69 bits per heavy atom. The predicted octanol–water partition coefficient (Wildman–Crippen LogP) is 0.364. The van der Waals surface area contributed by atoms with Crippen LogP contribution in [-0.4, -0.2) is 24.6 Å². The molecule has 0 spiro atoms. The summed E-state index contributed by atoms with van der Waals surface area (Å²) in [6, 6.07) is 0. The van der Waals surface area contributed by atoms with Crippen molar-refractivity contribution in [3.05, 3.63) is 27.4 Å². The van der Waals surface area contributed by atoms with Gasteiger partial charge in [-0.25, -0.2) is 13.4 Å². The molecule has 1 N–H and O–H groups in total. The number of nitrogens with one attached hydrogen (secondary N) is 1. The van der Waals surface area contributed by atoms with Crippen LogP contribution in [0.15, 0.2) is 4.79 Å². The summed E-state index contributed by atoms with van der Waals surface area (Å²) in [7, 11) is -3.22. The molecule has 1 aromatic heterocycles. The molecule has 0 saturated heterocycles. The summed E-state index contributed by atoms with van der Waals surface area (Å²) >= 11 is 0. The fourth-order valence-electron chi connectivity index (χ4n) is 1.86. The lowest BCUT2D eigenvalue weighted by molar-refractivity contribution is 0.588. The minimum Gasteiger partial charge on any atom is -0.309 e. The van der Waals surface area contributed by atoms with Crippen LogP contribution < -0.4 is 5.56 Å². The van der Waals surface area contributed by atoms with E-state index < -0.39 is 15.1 Å². The molecule has 0 fully saturated rings. The average Bonchev–Trinajstić information content (AvgIpc) is 2.63. The Labute approximate surface area is 93.8 Å². The summed E-state index contributed by atoms with van der Waals surface area (Å²) in [5.74, 6) is 0.258. The molecule has 6 heteroatoms. The van der Waals surface area contributed by atoms with E-state index in [2.05, 4.69) is 9.97 Å². The van der Waals surface area contributed by atoms with E-state index in [0.29, 0.717) is 5.56 Å². The third-order valence-electron chi connectivity index (χ3n) is 2.99. The van der Waals surface area contributed by atoms with Crippen LogP contribution in [0, 0.1) is 0 Å². The van der Waals surface area contributed by atoms with Gasteiger partial charge in [-0.15, -0.1) is 0 Å². The van der Waals surface area contributed by atoms with Gasteiger partial charge < -0.3 is 4.98 Å². The van der Waals surface area contributed by atoms with Gasteiger partial charge in [0.15, 0.2) is 9.84 Å². The molecular weight excluding hydrogens is 228 g/mol. The highest BCUT2D eigenvalue weighted by atomic mass is 32.2. The molecule has 1 unspecified atom stereocenters. The highest BCUT2D eigenvalue weighted by molar-refractivity contribution is 7.90. The summed E-state index contributed by atoms with van der Waals surface area (Å²) in [4.78, 5) is 18.5. The Kier molecular flexibility index (Phi) is 2.61. The van der Waals surface area contributed by atoms with Crippen molar-refractivity contribution in [1.29, 1.82) is 0 Å². The number of fused-ring (bicyclic) bond motifs is 1. The largest absolute Gasteiger partial charge is 0.309 e. The van der Waals surface area contributed by atoms with Crippen LogP contribution in [0.25, 0.3) is 0 Å². The van der Waals surface area contributed by atoms with Crippen LogP contribution in [0.3, 0.4) is 0 Å². The van der Waals surface area contributed by atoms with E-state index in [1.807, 2.05) is 0 Å². The number of aromatic nitrogens is 2. The van der Waals surface area contributed by atoms with E-state index in [4.69, 9.17) is 0 Å².